The minimum absolute atomic E-state index is 0.213. The molecule has 0 aliphatic heterocycles. The van der Waals surface area contributed by atoms with Crippen LogP contribution in [0.15, 0.2) is 33.2 Å². The fraction of sp³-hybridized carbons (Fsp3) is 0.375. The van der Waals surface area contributed by atoms with E-state index in [1.54, 1.807) is 0 Å². The number of furan rings is 1. The van der Waals surface area contributed by atoms with Gasteiger partial charge in [0.05, 0.1) is 0 Å². The Morgan fingerprint density at radius 1 is 1.26 bits per heavy atom. The van der Waals surface area contributed by atoms with Gasteiger partial charge in [0.1, 0.15) is 10.3 Å². The monoisotopic (exact) mass is 332 g/mol. The van der Waals surface area contributed by atoms with Crippen molar-refractivity contribution in [3.63, 3.8) is 0 Å². The Morgan fingerprint density at radius 3 is 2.65 bits per heavy atom. The van der Waals surface area contributed by atoms with Crippen molar-refractivity contribution in [2.45, 2.75) is 30.9 Å². The summed E-state index contributed by atoms with van der Waals surface area (Å²) in [5.41, 5.74) is 1.82. The Bertz CT molecular complexity index is 996. The van der Waals surface area contributed by atoms with Gasteiger partial charge < -0.3 is 8.94 Å². The van der Waals surface area contributed by atoms with Gasteiger partial charge in [-0.1, -0.05) is 17.3 Å². The highest BCUT2D eigenvalue weighted by atomic mass is 32.2. The SMILES string of the molecule is Cc1cccc2oc(-c3nc(C4(S(C)(=O)=O)CCC4)no3)cc12. The van der Waals surface area contributed by atoms with Crippen LogP contribution in [0.2, 0.25) is 0 Å². The highest BCUT2D eigenvalue weighted by Crippen LogP contribution is 2.47. The summed E-state index contributed by atoms with van der Waals surface area (Å²) in [7, 11) is -3.30. The Balaban J connectivity index is 1.79. The van der Waals surface area contributed by atoms with Crippen LogP contribution in [0, 0.1) is 6.92 Å². The van der Waals surface area contributed by atoms with Crippen molar-refractivity contribution in [1.29, 1.82) is 0 Å². The minimum Gasteiger partial charge on any atom is -0.451 e. The van der Waals surface area contributed by atoms with Gasteiger partial charge in [-0.2, -0.15) is 4.98 Å². The molecule has 0 amide bonds. The highest BCUT2D eigenvalue weighted by molar-refractivity contribution is 7.91. The second kappa shape index (κ2) is 4.67. The summed E-state index contributed by atoms with van der Waals surface area (Å²) >= 11 is 0. The third-order valence-electron chi connectivity index (χ3n) is 4.69. The third-order valence-corrected chi connectivity index (χ3v) is 6.71. The summed E-state index contributed by atoms with van der Waals surface area (Å²) in [6.07, 6.45) is 3.14. The maximum absolute atomic E-state index is 12.1. The quantitative estimate of drug-likeness (QED) is 0.732. The smallest absolute Gasteiger partial charge is 0.293 e. The van der Waals surface area contributed by atoms with Crippen molar-refractivity contribution in [3.8, 4) is 11.7 Å². The molecule has 7 heteroatoms. The van der Waals surface area contributed by atoms with Gasteiger partial charge in [0, 0.05) is 11.6 Å². The summed E-state index contributed by atoms with van der Waals surface area (Å²) < 4.78 is 34.3. The van der Waals surface area contributed by atoms with E-state index in [4.69, 9.17) is 8.94 Å². The number of benzene rings is 1. The van der Waals surface area contributed by atoms with Crippen LogP contribution in [-0.4, -0.2) is 24.8 Å². The first-order valence-corrected chi connectivity index (χ1v) is 9.33. The number of hydrogen-bond donors (Lipinski definition) is 0. The molecule has 1 fully saturated rings. The van der Waals surface area contributed by atoms with Crippen molar-refractivity contribution in [2.75, 3.05) is 6.26 Å². The van der Waals surface area contributed by atoms with E-state index >= 15 is 0 Å². The predicted octanol–water partition coefficient (Wildman–Crippen LogP) is 3.22. The van der Waals surface area contributed by atoms with E-state index in [2.05, 4.69) is 10.1 Å². The predicted molar refractivity (Wildman–Crippen MR) is 84.6 cm³/mol. The van der Waals surface area contributed by atoms with E-state index in [-0.39, 0.29) is 11.7 Å². The molecule has 0 atom stereocenters. The molecule has 2 aromatic heterocycles. The first-order chi connectivity index (χ1) is 10.9. The number of sulfone groups is 1. The first-order valence-electron chi connectivity index (χ1n) is 7.44. The Kier molecular flexibility index (Phi) is 2.93. The van der Waals surface area contributed by atoms with Crippen molar-refractivity contribution in [2.24, 2.45) is 0 Å². The van der Waals surface area contributed by atoms with Crippen LogP contribution >= 0.6 is 0 Å². The van der Waals surface area contributed by atoms with E-state index in [1.807, 2.05) is 31.2 Å². The number of fused-ring (bicyclic) bond motifs is 1. The fourth-order valence-electron chi connectivity index (χ4n) is 3.08. The average Bonchev–Trinajstić information content (AvgIpc) is 3.02. The molecule has 4 rings (SSSR count). The summed E-state index contributed by atoms with van der Waals surface area (Å²) in [6, 6.07) is 7.62. The van der Waals surface area contributed by atoms with Gasteiger partial charge in [-0.05, 0) is 43.9 Å². The lowest BCUT2D eigenvalue weighted by molar-refractivity contribution is 0.313. The Morgan fingerprint density at radius 2 is 2.04 bits per heavy atom. The molecule has 23 heavy (non-hydrogen) atoms. The van der Waals surface area contributed by atoms with Gasteiger partial charge in [0.15, 0.2) is 21.4 Å². The van der Waals surface area contributed by atoms with E-state index in [0.29, 0.717) is 18.6 Å². The van der Waals surface area contributed by atoms with Crippen molar-refractivity contribution in [3.05, 3.63) is 35.7 Å². The molecule has 3 aromatic rings. The topological polar surface area (TPSA) is 86.2 Å². The van der Waals surface area contributed by atoms with Gasteiger partial charge >= 0.3 is 0 Å². The molecule has 1 aliphatic carbocycles. The van der Waals surface area contributed by atoms with E-state index in [9.17, 15) is 8.42 Å². The van der Waals surface area contributed by atoms with Crippen LogP contribution in [0.1, 0.15) is 30.7 Å². The zero-order valence-electron chi connectivity index (χ0n) is 12.9. The van der Waals surface area contributed by atoms with Crippen LogP contribution in [-0.2, 0) is 14.6 Å². The van der Waals surface area contributed by atoms with E-state index in [0.717, 1.165) is 23.0 Å². The lowest BCUT2D eigenvalue weighted by atomic mass is 9.83. The van der Waals surface area contributed by atoms with Gasteiger partial charge in [0.25, 0.3) is 5.89 Å². The molecule has 0 N–H and O–H groups in total. The van der Waals surface area contributed by atoms with Crippen LogP contribution in [0.25, 0.3) is 22.6 Å². The standard InChI is InChI=1S/C16H16N2O4S/c1-10-5-3-6-12-11(10)9-13(21-12)14-17-15(18-22-14)16(7-4-8-16)23(2,19)20/h3,5-6,9H,4,7-8H2,1-2H3. The number of rotatable bonds is 3. The van der Waals surface area contributed by atoms with E-state index in [1.165, 1.54) is 6.26 Å². The lowest BCUT2D eigenvalue weighted by Crippen LogP contribution is -2.42. The van der Waals surface area contributed by atoms with Crippen molar-refractivity contribution >= 4 is 20.8 Å². The van der Waals surface area contributed by atoms with Crippen molar-refractivity contribution < 1.29 is 17.4 Å². The molecule has 0 bridgehead atoms. The second-order valence-electron chi connectivity index (χ2n) is 6.14. The van der Waals surface area contributed by atoms with E-state index < -0.39 is 14.6 Å². The summed E-state index contributed by atoms with van der Waals surface area (Å²) in [5, 5.41) is 4.90. The molecule has 2 heterocycles. The number of nitrogens with zero attached hydrogens (tertiary/aromatic N) is 2. The molecule has 1 saturated carbocycles. The van der Waals surface area contributed by atoms with Gasteiger partial charge in [-0.25, -0.2) is 8.42 Å². The maximum atomic E-state index is 12.1. The lowest BCUT2D eigenvalue weighted by Gasteiger charge is -2.36. The van der Waals surface area contributed by atoms with Crippen molar-refractivity contribution in [1.82, 2.24) is 10.1 Å². The summed E-state index contributed by atoms with van der Waals surface area (Å²) in [4.78, 5) is 4.32. The molecule has 6 nitrogen and oxygen atoms in total. The van der Waals surface area contributed by atoms with Crippen LogP contribution in [0.4, 0.5) is 0 Å². The number of aromatic nitrogens is 2. The molecule has 0 radical (unpaired) electrons. The number of hydrogen-bond acceptors (Lipinski definition) is 6. The normalized spacial score (nSPS) is 17.3. The summed E-state index contributed by atoms with van der Waals surface area (Å²) in [6.45, 7) is 1.99. The highest BCUT2D eigenvalue weighted by Gasteiger charge is 2.51. The van der Waals surface area contributed by atoms with Gasteiger partial charge in [0.2, 0.25) is 0 Å². The van der Waals surface area contributed by atoms with Crippen LogP contribution in [0.5, 0.6) is 0 Å². The zero-order valence-corrected chi connectivity index (χ0v) is 13.7. The fourth-order valence-corrected chi connectivity index (χ4v) is 4.52. The molecule has 0 saturated heterocycles. The molecule has 0 unspecified atom stereocenters. The van der Waals surface area contributed by atoms with Crippen LogP contribution < -0.4 is 0 Å². The van der Waals surface area contributed by atoms with Gasteiger partial charge in [-0.15, -0.1) is 0 Å². The third kappa shape index (κ3) is 2.03. The molecular formula is C16H16N2O4S. The molecule has 1 aliphatic rings. The number of aryl methyl sites for hydroxylation is 1. The average molecular weight is 332 g/mol. The largest absolute Gasteiger partial charge is 0.451 e. The van der Waals surface area contributed by atoms with Crippen LogP contribution in [0.3, 0.4) is 0 Å². The minimum atomic E-state index is -3.30. The Hall–Kier alpha value is -2.15. The molecule has 1 aromatic carbocycles. The zero-order chi connectivity index (χ0) is 16.2. The maximum Gasteiger partial charge on any atom is 0.293 e. The molecule has 120 valence electrons. The second-order valence-corrected chi connectivity index (χ2v) is 8.47. The summed E-state index contributed by atoms with van der Waals surface area (Å²) in [5.74, 6) is 0.903. The van der Waals surface area contributed by atoms with Gasteiger partial charge in [-0.3, -0.25) is 0 Å². The first kappa shape index (κ1) is 14.4. The molecular weight excluding hydrogens is 316 g/mol. The Labute approximate surface area is 133 Å². The molecule has 0 spiro atoms.